The standard InChI is InChI=1S/C36H35F2N3O8/c1-2-45-28-10-14-41(23-6-3-21(37)4-7-23)36(43)32(28)35(42)40-22-5-8-27(25(38)19-22)49-29-9-13-39-26-20-30(48-24-11-15-44-16-12-24)33-34(31(26)29)47-18-17-46-33/h3-6,8-10,14,19-20,23-24,39H,2,7,11-13,15-18H2,1H3,(H,40,42). The van der Waals surface area contributed by atoms with Crippen LogP contribution in [0.25, 0.3) is 5.76 Å². The number of amides is 1. The summed E-state index contributed by atoms with van der Waals surface area (Å²) in [6, 6.07) is 6.84. The highest BCUT2D eigenvalue weighted by molar-refractivity contribution is 6.06. The monoisotopic (exact) mass is 675 g/mol. The van der Waals surface area contributed by atoms with E-state index in [1.54, 1.807) is 19.1 Å². The summed E-state index contributed by atoms with van der Waals surface area (Å²) >= 11 is 0. The van der Waals surface area contributed by atoms with Crippen molar-refractivity contribution >= 4 is 23.0 Å². The first-order valence-corrected chi connectivity index (χ1v) is 16.3. The molecule has 0 radical (unpaired) electrons. The van der Waals surface area contributed by atoms with E-state index < -0.39 is 29.2 Å². The van der Waals surface area contributed by atoms with Gasteiger partial charge in [-0.05, 0) is 49.8 Å². The van der Waals surface area contributed by atoms with Crippen molar-refractivity contribution in [1.82, 2.24) is 4.57 Å². The van der Waals surface area contributed by atoms with Crippen LogP contribution in [0.3, 0.4) is 0 Å². The lowest BCUT2D eigenvalue weighted by molar-refractivity contribution is 0.0233. The summed E-state index contributed by atoms with van der Waals surface area (Å²) in [5.74, 6) is -0.117. The zero-order chi connectivity index (χ0) is 33.9. The van der Waals surface area contributed by atoms with Crippen molar-refractivity contribution < 1.29 is 42.0 Å². The normalized spacial score (nSPS) is 18.4. The third kappa shape index (κ3) is 6.71. The van der Waals surface area contributed by atoms with Gasteiger partial charge in [0.2, 0.25) is 5.75 Å². The minimum atomic E-state index is -0.782. The van der Waals surface area contributed by atoms with Crippen molar-refractivity contribution in [2.75, 3.05) is 50.2 Å². The molecule has 1 fully saturated rings. The summed E-state index contributed by atoms with van der Waals surface area (Å²) in [5, 5.41) is 5.92. The number of pyridine rings is 1. The van der Waals surface area contributed by atoms with E-state index in [1.807, 2.05) is 6.07 Å². The van der Waals surface area contributed by atoms with Gasteiger partial charge in [0, 0.05) is 43.4 Å². The smallest absolute Gasteiger partial charge is 0.267 e. The lowest BCUT2D eigenvalue weighted by atomic mass is 10.0. The summed E-state index contributed by atoms with van der Waals surface area (Å²) in [5.41, 5.74) is 0.487. The summed E-state index contributed by atoms with van der Waals surface area (Å²) in [6.07, 6.45) is 9.23. The minimum Gasteiger partial charge on any atom is -0.493 e. The van der Waals surface area contributed by atoms with Crippen LogP contribution in [0.15, 0.2) is 71.5 Å². The van der Waals surface area contributed by atoms with Crippen LogP contribution in [0.1, 0.15) is 48.1 Å². The molecule has 3 aliphatic heterocycles. The number of nitrogens with zero attached hydrogens (tertiary/aromatic N) is 1. The molecule has 7 rings (SSSR count). The zero-order valence-corrected chi connectivity index (χ0v) is 26.8. The first kappa shape index (κ1) is 32.3. The summed E-state index contributed by atoms with van der Waals surface area (Å²) in [4.78, 5) is 26.9. The predicted octanol–water partition coefficient (Wildman–Crippen LogP) is 6.17. The Morgan fingerprint density at radius 1 is 1.02 bits per heavy atom. The molecule has 0 saturated carbocycles. The van der Waals surface area contributed by atoms with Crippen LogP contribution in [0.4, 0.5) is 20.2 Å². The van der Waals surface area contributed by atoms with Crippen LogP contribution in [-0.2, 0) is 4.74 Å². The van der Waals surface area contributed by atoms with Gasteiger partial charge in [0.1, 0.15) is 42.2 Å². The van der Waals surface area contributed by atoms with Crippen LogP contribution in [0.5, 0.6) is 28.7 Å². The predicted molar refractivity (Wildman–Crippen MR) is 177 cm³/mol. The maximum atomic E-state index is 15.6. The van der Waals surface area contributed by atoms with E-state index in [1.165, 1.54) is 41.1 Å². The molecule has 49 heavy (non-hydrogen) atoms. The Morgan fingerprint density at radius 2 is 1.84 bits per heavy atom. The van der Waals surface area contributed by atoms with Crippen LogP contribution in [-0.4, -0.2) is 56.2 Å². The first-order chi connectivity index (χ1) is 23.9. The van der Waals surface area contributed by atoms with E-state index in [0.717, 1.165) is 18.9 Å². The number of allylic oxidation sites excluding steroid dienone is 4. The highest BCUT2D eigenvalue weighted by Gasteiger charge is 2.31. The third-order valence-corrected chi connectivity index (χ3v) is 8.47. The zero-order valence-electron chi connectivity index (χ0n) is 26.8. The number of ether oxygens (including phenoxy) is 6. The number of anilines is 2. The molecule has 2 aromatic carbocycles. The van der Waals surface area contributed by atoms with E-state index >= 15 is 4.39 Å². The van der Waals surface area contributed by atoms with Gasteiger partial charge in [0.25, 0.3) is 11.5 Å². The molecular weight excluding hydrogens is 640 g/mol. The molecule has 4 heterocycles. The number of hydrogen-bond donors (Lipinski definition) is 2. The number of benzene rings is 2. The van der Waals surface area contributed by atoms with Crippen LogP contribution < -0.4 is 39.9 Å². The number of rotatable bonds is 9. The average Bonchev–Trinajstić information content (AvgIpc) is 3.11. The number of carbonyl (C=O) groups is 1. The maximum absolute atomic E-state index is 15.6. The largest absolute Gasteiger partial charge is 0.493 e. The van der Waals surface area contributed by atoms with Crippen molar-refractivity contribution in [2.24, 2.45) is 0 Å². The molecular formula is C36H35F2N3O8. The van der Waals surface area contributed by atoms with Gasteiger partial charge in [-0.3, -0.25) is 9.59 Å². The lowest BCUT2D eigenvalue weighted by Gasteiger charge is -2.30. The van der Waals surface area contributed by atoms with Crippen LogP contribution >= 0.6 is 0 Å². The van der Waals surface area contributed by atoms with Crippen LogP contribution in [0, 0.1) is 5.82 Å². The number of nitrogens with one attached hydrogen (secondary N) is 2. The minimum absolute atomic E-state index is 0.0181. The molecule has 1 amide bonds. The molecule has 1 saturated heterocycles. The molecule has 256 valence electrons. The molecule has 0 bridgehead atoms. The van der Waals surface area contributed by atoms with Gasteiger partial charge >= 0.3 is 0 Å². The highest BCUT2D eigenvalue weighted by atomic mass is 19.1. The molecule has 2 N–H and O–H groups in total. The van der Waals surface area contributed by atoms with Gasteiger partial charge in [-0.1, -0.05) is 6.08 Å². The van der Waals surface area contributed by atoms with E-state index in [2.05, 4.69) is 10.6 Å². The summed E-state index contributed by atoms with van der Waals surface area (Å²) in [6.45, 7) is 4.27. The number of aromatic nitrogens is 1. The van der Waals surface area contributed by atoms with Crippen molar-refractivity contribution in [3.63, 3.8) is 0 Å². The Bertz CT molecular complexity index is 1910. The van der Waals surface area contributed by atoms with E-state index in [0.29, 0.717) is 67.2 Å². The van der Waals surface area contributed by atoms with E-state index in [-0.39, 0.29) is 41.9 Å². The van der Waals surface area contributed by atoms with Crippen molar-refractivity contribution in [3.05, 3.63) is 94.0 Å². The molecule has 1 atom stereocenters. The topological polar surface area (TPSA) is 119 Å². The number of halogens is 2. The second-order valence-electron chi connectivity index (χ2n) is 11.7. The fourth-order valence-corrected chi connectivity index (χ4v) is 6.11. The van der Waals surface area contributed by atoms with Gasteiger partial charge in [-0.15, -0.1) is 0 Å². The van der Waals surface area contributed by atoms with Crippen LogP contribution in [0.2, 0.25) is 0 Å². The maximum Gasteiger partial charge on any atom is 0.267 e. The lowest BCUT2D eigenvalue weighted by Crippen LogP contribution is -2.32. The highest BCUT2D eigenvalue weighted by Crippen LogP contribution is 2.50. The fourth-order valence-electron chi connectivity index (χ4n) is 6.11. The average molecular weight is 676 g/mol. The van der Waals surface area contributed by atoms with Crippen molar-refractivity contribution in [1.29, 1.82) is 0 Å². The molecule has 0 spiro atoms. The second-order valence-corrected chi connectivity index (χ2v) is 11.7. The summed E-state index contributed by atoms with van der Waals surface area (Å²) < 4.78 is 65.9. The Hall–Kier alpha value is -5.30. The Labute approximate surface area is 280 Å². The van der Waals surface area contributed by atoms with E-state index in [4.69, 9.17) is 28.4 Å². The number of hydrogen-bond acceptors (Lipinski definition) is 9. The Morgan fingerprint density at radius 3 is 2.59 bits per heavy atom. The summed E-state index contributed by atoms with van der Waals surface area (Å²) in [7, 11) is 0. The van der Waals surface area contributed by atoms with Gasteiger partial charge in [0.05, 0.1) is 37.1 Å². The SMILES string of the molecule is CCOc1ccn(C2C=CC(F)=CC2)c(=O)c1C(=O)Nc1ccc(OC2=CCNc3cc(OC4CCOCC4)c4c(c32)OCCO4)c(F)c1. The fraction of sp³-hybridized carbons (Fsp3) is 0.333. The molecule has 1 aliphatic carbocycles. The molecule has 4 aliphatic rings. The third-order valence-electron chi connectivity index (χ3n) is 8.47. The quantitative estimate of drug-likeness (QED) is 0.275. The van der Waals surface area contributed by atoms with Crippen molar-refractivity contribution in [2.45, 2.75) is 38.3 Å². The Balaban J connectivity index is 1.12. The molecule has 13 heteroatoms. The number of carbonyl (C=O) groups excluding carboxylic acids is 1. The van der Waals surface area contributed by atoms with Gasteiger partial charge in [-0.2, -0.15) is 0 Å². The van der Waals surface area contributed by atoms with Crippen molar-refractivity contribution in [3.8, 4) is 28.7 Å². The second kappa shape index (κ2) is 14.0. The van der Waals surface area contributed by atoms with Gasteiger partial charge in [-0.25, -0.2) is 8.78 Å². The molecule has 1 aromatic heterocycles. The molecule has 1 unspecified atom stereocenters. The van der Waals surface area contributed by atoms with Gasteiger partial charge in [0.15, 0.2) is 23.1 Å². The molecule has 3 aromatic rings. The van der Waals surface area contributed by atoms with Gasteiger partial charge < -0.3 is 43.6 Å². The first-order valence-electron chi connectivity index (χ1n) is 16.3. The van der Waals surface area contributed by atoms with E-state index in [9.17, 15) is 14.0 Å². The molecule has 11 nitrogen and oxygen atoms in total. The Kier molecular flexibility index (Phi) is 9.25. The number of fused-ring (bicyclic) bond motifs is 3.